The topological polar surface area (TPSA) is 125 Å². The number of anilines is 1. The molecule has 9 nitrogen and oxygen atoms in total. The van der Waals surface area contributed by atoms with E-state index in [1.165, 1.54) is 24.3 Å². The number of carboxylic acid groups (broad SMARTS) is 1. The smallest absolute Gasteiger partial charge is 0.303 e. The number of nitrogens with one attached hydrogen (secondary N) is 1. The fourth-order valence-corrected chi connectivity index (χ4v) is 5.14. The first-order chi connectivity index (χ1) is 17.3. The second-order valence-corrected chi connectivity index (χ2v) is 9.79. The number of methoxy groups -OCH3 is 1. The maximum Gasteiger partial charge on any atom is 0.303 e. The molecule has 3 aromatic rings. The Kier molecular flexibility index (Phi) is 7.35. The van der Waals surface area contributed by atoms with Gasteiger partial charge in [0.25, 0.3) is 10.0 Å². The number of ether oxygens (including phenoxy) is 1. The number of nitrogens with zero attached hydrogens (tertiary/aromatic N) is 2. The Bertz CT molecular complexity index is 1410. The average molecular weight is 508 g/mol. The first-order valence-electron chi connectivity index (χ1n) is 11.2. The highest BCUT2D eigenvalue weighted by molar-refractivity contribution is 7.92. The lowest BCUT2D eigenvalue weighted by molar-refractivity contribution is -0.141. The van der Waals surface area contributed by atoms with E-state index in [1.807, 2.05) is 18.2 Å². The Labute approximate surface area is 209 Å². The number of carboxylic acids is 1. The van der Waals surface area contributed by atoms with Crippen LogP contribution < -0.4 is 9.46 Å². The van der Waals surface area contributed by atoms with Crippen LogP contribution in [0.5, 0.6) is 5.75 Å². The van der Waals surface area contributed by atoms with Gasteiger partial charge in [0, 0.05) is 24.0 Å². The molecule has 0 spiro atoms. The number of carbonyl (C=O) groups excluding carboxylic acids is 1. The third-order valence-corrected chi connectivity index (χ3v) is 7.13. The highest BCUT2D eigenvalue weighted by atomic mass is 32.2. The lowest BCUT2D eigenvalue weighted by Gasteiger charge is -2.23. The van der Waals surface area contributed by atoms with E-state index in [1.54, 1.807) is 48.5 Å². The molecule has 186 valence electrons. The van der Waals surface area contributed by atoms with Crippen LogP contribution >= 0.6 is 0 Å². The Morgan fingerprint density at radius 3 is 2.39 bits per heavy atom. The lowest BCUT2D eigenvalue weighted by atomic mass is 9.97. The maximum absolute atomic E-state index is 13.0. The summed E-state index contributed by atoms with van der Waals surface area (Å²) in [7, 11) is -2.33. The van der Waals surface area contributed by atoms with Crippen LogP contribution in [0.15, 0.2) is 88.9 Å². The van der Waals surface area contributed by atoms with Gasteiger partial charge in [-0.05, 0) is 24.3 Å². The second-order valence-electron chi connectivity index (χ2n) is 8.10. The Balaban J connectivity index is 1.71. The number of carbonyl (C=O) groups is 2. The van der Waals surface area contributed by atoms with Crippen LogP contribution in [0.4, 0.5) is 5.69 Å². The number of sulfonamides is 1. The van der Waals surface area contributed by atoms with Crippen molar-refractivity contribution in [3.05, 3.63) is 90.0 Å². The molecule has 0 aromatic heterocycles. The van der Waals surface area contributed by atoms with Gasteiger partial charge in [0.15, 0.2) is 0 Å². The molecule has 1 heterocycles. The van der Waals surface area contributed by atoms with E-state index >= 15 is 0 Å². The Morgan fingerprint density at radius 1 is 1.00 bits per heavy atom. The fraction of sp³-hybridized carbons (Fsp3) is 0.192. The minimum Gasteiger partial charge on any atom is -0.496 e. The van der Waals surface area contributed by atoms with Crippen molar-refractivity contribution in [3.63, 3.8) is 0 Å². The minimum atomic E-state index is -3.86. The highest BCUT2D eigenvalue weighted by Gasteiger charge is 2.35. The average Bonchev–Trinajstić information content (AvgIpc) is 3.33. The molecule has 0 saturated carbocycles. The number of amides is 1. The molecule has 3 aromatic carbocycles. The van der Waals surface area contributed by atoms with Crippen molar-refractivity contribution < 1.29 is 27.9 Å². The lowest BCUT2D eigenvalue weighted by Crippen LogP contribution is -2.27. The van der Waals surface area contributed by atoms with Crippen LogP contribution in [0.3, 0.4) is 0 Å². The fourth-order valence-electron chi connectivity index (χ4n) is 4.04. The van der Waals surface area contributed by atoms with Gasteiger partial charge in [0.2, 0.25) is 5.91 Å². The molecule has 1 amide bonds. The van der Waals surface area contributed by atoms with Gasteiger partial charge in [0.1, 0.15) is 5.75 Å². The number of hydrogen-bond donors (Lipinski definition) is 2. The Morgan fingerprint density at radius 2 is 1.67 bits per heavy atom. The summed E-state index contributed by atoms with van der Waals surface area (Å²) in [6.45, 7) is 0. The summed E-state index contributed by atoms with van der Waals surface area (Å²) in [5, 5.41) is 14.9. The molecule has 0 aliphatic carbocycles. The van der Waals surface area contributed by atoms with Crippen LogP contribution in [0.1, 0.15) is 36.4 Å². The van der Waals surface area contributed by atoms with Crippen LogP contribution in [-0.2, 0) is 19.6 Å². The standard InChI is InChI=1S/C26H25N3O6S/c1-35-24-14-8-6-12-20(24)23-17-22(27-29(23)25(30)15-16-26(31)32)19-11-5-7-13-21(19)28-36(33,34)18-9-3-2-4-10-18/h2-14,23,28H,15-17H2,1H3,(H,31,32)/t23-/m1/s1. The zero-order chi connectivity index (χ0) is 25.7. The second kappa shape index (κ2) is 10.6. The molecule has 1 aliphatic heterocycles. The molecular weight excluding hydrogens is 482 g/mol. The van der Waals surface area contributed by atoms with Crippen molar-refractivity contribution in [2.75, 3.05) is 11.8 Å². The van der Waals surface area contributed by atoms with Gasteiger partial charge in [-0.15, -0.1) is 0 Å². The van der Waals surface area contributed by atoms with Crippen molar-refractivity contribution in [1.82, 2.24) is 5.01 Å². The molecule has 4 rings (SSSR count). The van der Waals surface area contributed by atoms with Gasteiger partial charge in [-0.2, -0.15) is 5.10 Å². The van der Waals surface area contributed by atoms with E-state index < -0.39 is 27.9 Å². The summed E-state index contributed by atoms with van der Waals surface area (Å²) in [4.78, 5) is 24.2. The molecule has 0 unspecified atom stereocenters. The summed E-state index contributed by atoms with van der Waals surface area (Å²) in [5.74, 6) is -0.972. The molecule has 10 heteroatoms. The third-order valence-electron chi connectivity index (χ3n) is 5.75. The van der Waals surface area contributed by atoms with Crippen LogP contribution in [0.2, 0.25) is 0 Å². The molecule has 0 bridgehead atoms. The summed E-state index contributed by atoms with van der Waals surface area (Å²) in [6.07, 6.45) is -0.268. The normalized spacial score (nSPS) is 15.3. The predicted octanol–water partition coefficient (Wildman–Crippen LogP) is 4.04. The van der Waals surface area contributed by atoms with E-state index in [4.69, 9.17) is 9.84 Å². The van der Waals surface area contributed by atoms with E-state index in [2.05, 4.69) is 9.82 Å². The zero-order valence-corrected chi connectivity index (χ0v) is 20.3. The Hall–Kier alpha value is -4.18. The monoisotopic (exact) mass is 507 g/mol. The molecule has 36 heavy (non-hydrogen) atoms. The summed E-state index contributed by atoms with van der Waals surface area (Å²) >= 11 is 0. The van der Waals surface area contributed by atoms with Crippen molar-refractivity contribution >= 4 is 33.3 Å². The molecular formula is C26H25N3O6S. The van der Waals surface area contributed by atoms with Gasteiger partial charge in [0.05, 0.1) is 35.9 Å². The SMILES string of the molecule is COc1ccccc1[C@H]1CC(c2ccccc2NS(=O)(=O)c2ccccc2)=NN1C(=O)CCC(=O)O. The van der Waals surface area contributed by atoms with Crippen LogP contribution in [0, 0.1) is 0 Å². The van der Waals surface area contributed by atoms with E-state index in [0.717, 1.165) is 0 Å². The number of para-hydroxylation sites is 2. The first-order valence-corrected chi connectivity index (χ1v) is 12.7. The van der Waals surface area contributed by atoms with Crippen molar-refractivity contribution in [2.24, 2.45) is 5.10 Å². The predicted molar refractivity (Wildman–Crippen MR) is 134 cm³/mol. The zero-order valence-electron chi connectivity index (χ0n) is 19.5. The number of aliphatic carboxylic acids is 1. The largest absolute Gasteiger partial charge is 0.496 e. The minimum absolute atomic E-state index is 0.116. The van der Waals surface area contributed by atoms with Gasteiger partial charge in [-0.1, -0.05) is 54.6 Å². The third kappa shape index (κ3) is 5.38. The van der Waals surface area contributed by atoms with Crippen LogP contribution in [-0.4, -0.2) is 43.2 Å². The van der Waals surface area contributed by atoms with E-state index in [9.17, 15) is 18.0 Å². The first kappa shape index (κ1) is 24.9. The number of benzene rings is 3. The molecule has 1 aliphatic rings. The highest BCUT2D eigenvalue weighted by Crippen LogP contribution is 2.39. The van der Waals surface area contributed by atoms with E-state index in [-0.39, 0.29) is 24.2 Å². The van der Waals surface area contributed by atoms with Crippen molar-refractivity contribution in [3.8, 4) is 5.75 Å². The molecule has 2 N–H and O–H groups in total. The summed E-state index contributed by atoms with van der Waals surface area (Å²) < 4.78 is 34.1. The quantitative estimate of drug-likeness (QED) is 0.450. The van der Waals surface area contributed by atoms with Gasteiger partial charge < -0.3 is 9.84 Å². The molecule has 0 radical (unpaired) electrons. The molecule has 1 atom stereocenters. The summed E-state index contributed by atoms with van der Waals surface area (Å²) in [6, 6.07) is 21.5. The summed E-state index contributed by atoms with van der Waals surface area (Å²) in [5.41, 5.74) is 2.04. The number of rotatable bonds is 9. The number of hydrogen-bond acceptors (Lipinski definition) is 6. The van der Waals surface area contributed by atoms with Gasteiger partial charge in [-0.3, -0.25) is 14.3 Å². The van der Waals surface area contributed by atoms with Crippen LogP contribution in [0.25, 0.3) is 0 Å². The molecule has 0 saturated heterocycles. The van der Waals surface area contributed by atoms with Crippen molar-refractivity contribution in [2.45, 2.75) is 30.2 Å². The maximum atomic E-state index is 13.0. The van der Waals surface area contributed by atoms with Crippen molar-refractivity contribution in [1.29, 1.82) is 0 Å². The van der Waals surface area contributed by atoms with Gasteiger partial charge in [-0.25, -0.2) is 13.4 Å². The number of hydrazone groups is 1. The molecule has 0 fully saturated rings. The van der Waals surface area contributed by atoms with E-state index in [0.29, 0.717) is 28.3 Å². The van der Waals surface area contributed by atoms with Gasteiger partial charge >= 0.3 is 5.97 Å².